The van der Waals surface area contributed by atoms with Crippen molar-refractivity contribution in [2.45, 2.75) is 104 Å². The predicted octanol–water partition coefficient (Wildman–Crippen LogP) is 1.41. The average molecular weight is 471 g/mol. The zero-order valence-electron chi connectivity index (χ0n) is 20.9. The van der Waals surface area contributed by atoms with Crippen LogP contribution in [0.1, 0.15) is 81.1 Å². The number of ether oxygens (including phenoxy) is 2. The highest BCUT2D eigenvalue weighted by Gasteiger charge is 2.34. The molecule has 0 bridgehead atoms. The van der Waals surface area contributed by atoms with Crippen molar-refractivity contribution < 1.29 is 38.2 Å². The molecule has 1 amide bonds. The summed E-state index contributed by atoms with van der Waals surface area (Å²) in [6.45, 7) is 12.4. The Morgan fingerprint density at radius 1 is 0.758 bits per heavy atom. The topological polar surface area (TPSA) is 159 Å². The third kappa shape index (κ3) is 14.2. The first-order chi connectivity index (χ1) is 14.8. The highest BCUT2D eigenvalue weighted by atomic mass is 16.6. The molecule has 0 aromatic heterocycles. The Morgan fingerprint density at radius 2 is 1.24 bits per heavy atom. The molecule has 0 unspecified atom stereocenters. The number of esters is 2. The first-order valence-corrected chi connectivity index (χ1v) is 10.8. The quantitative estimate of drug-likeness (QED) is 0.402. The van der Waals surface area contributed by atoms with Crippen LogP contribution in [-0.2, 0) is 38.2 Å². The molecule has 3 atom stereocenters. The van der Waals surface area contributed by atoms with Gasteiger partial charge >= 0.3 is 11.9 Å². The SMILES string of the molecule is CC(=O)C[C@H](CC(=O)[C@@H](N)CC(C)=O)C(=O)N[C@@H](CC(=O)OC(C)(C)C)C(=O)OC(C)(C)C. The van der Waals surface area contributed by atoms with Crippen molar-refractivity contribution in [3.8, 4) is 0 Å². The molecule has 0 fully saturated rings. The van der Waals surface area contributed by atoms with Crippen LogP contribution in [0.4, 0.5) is 0 Å². The van der Waals surface area contributed by atoms with E-state index in [0.29, 0.717) is 0 Å². The number of carbonyl (C=O) groups is 6. The summed E-state index contributed by atoms with van der Waals surface area (Å²) < 4.78 is 10.5. The second-order valence-corrected chi connectivity index (χ2v) is 10.2. The molecule has 0 radical (unpaired) electrons. The van der Waals surface area contributed by atoms with E-state index >= 15 is 0 Å². The van der Waals surface area contributed by atoms with Gasteiger partial charge in [-0.15, -0.1) is 0 Å². The van der Waals surface area contributed by atoms with Crippen molar-refractivity contribution in [2.24, 2.45) is 11.7 Å². The van der Waals surface area contributed by atoms with Crippen LogP contribution in [0.5, 0.6) is 0 Å². The van der Waals surface area contributed by atoms with Gasteiger partial charge < -0.3 is 25.3 Å². The lowest BCUT2D eigenvalue weighted by atomic mass is 9.91. The van der Waals surface area contributed by atoms with E-state index in [4.69, 9.17) is 15.2 Å². The Bertz CT molecular complexity index is 761. The lowest BCUT2D eigenvalue weighted by molar-refractivity contribution is -0.165. The standard InChI is InChI=1S/C23H38N2O8/c1-13(26)9-15(11-18(28)16(24)10-14(2)27)20(30)25-17(21(31)33-23(6,7)8)12-19(29)32-22(3,4)5/h15-17H,9-12,24H2,1-8H3,(H,25,30)/t15-,16+,17+/m1/s1. The molecule has 0 aliphatic carbocycles. The summed E-state index contributed by atoms with van der Waals surface area (Å²) in [6, 6.07) is -2.49. The zero-order valence-corrected chi connectivity index (χ0v) is 20.9. The van der Waals surface area contributed by atoms with Crippen molar-refractivity contribution in [3.05, 3.63) is 0 Å². The van der Waals surface area contributed by atoms with Gasteiger partial charge in [-0.3, -0.25) is 19.2 Å². The van der Waals surface area contributed by atoms with Crippen molar-refractivity contribution in [2.75, 3.05) is 0 Å². The second kappa shape index (κ2) is 12.6. The van der Waals surface area contributed by atoms with Crippen molar-refractivity contribution in [1.29, 1.82) is 0 Å². The first kappa shape index (κ1) is 30.4. The Labute approximate surface area is 195 Å². The van der Waals surface area contributed by atoms with Gasteiger partial charge in [0, 0.05) is 19.3 Å². The van der Waals surface area contributed by atoms with E-state index in [9.17, 15) is 28.8 Å². The maximum atomic E-state index is 12.9. The summed E-state index contributed by atoms with van der Waals surface area (Å²) in [5.41, 5.74) is 4.02. The van der Waals surface area contributed by atoms with Crippen molar-refractivity contribution in [1.82, 2.24) is 5.32 Å². The van der Waals surface area contributed by atoms with Crippen LogP contribution in [0.15, 0.2) is 0 Å². The number of ketones is 3. The largest absolute Gasteiger partial charge is 0.460 e. The van der Waals surface area contributed by atoms with Crippen LogP contribution >= 0.6 is 0 Å². The number of hydrogen-bond acceptors (Lipinski definition) is 9. The number of rotatable bonds is 12. The molecule has 0 aliphatic rings. The monoisotopic (exact) mass is 470 g/mol. The molecule has 0 aliphatic heterocycles. The lowest BCUT2D eigenvalue weighted by Gasteiger charge is -2.27. The summed E-state index contributed by atoms with van der Waals surface area (Å²) in [5.74, 6) is -4.71. The predicted molar refractivity (Wildman–Crippen MR) is 120 cm³/mol. The maximum Gasteiger partial charge on any atom is 0.329 e. The van der Waals surface area contributed by atoms with Gasteiger partial charge in [-0.25, -0.2) is 4.79 Å². The minimum absolute atomic E-state index is 0.188. The van der Waals surface area contributed by atoms with E-state index in [2.05, 4.69) is 5.32 Å². The number of amides is 1. The molecule has 188 valence electrons. The van der Waals surface area contributed by atoms with Crippen molar-refractivity contribution in [3.63, 3.8) is 0 Å². The normalized spacial score (nSPS) is 14.5. The molecular weight excluding hydrogens is 432 g/mol. The number of carbonyl (C=O) groups excluding carboxylic acids is 6. The van der Waals surface area contributed by atoms with Gasteiger partial charge in [0.2, 0.25) is 5.91 Å². The number of nitrogens with one attached hydrogen (secondary N) is 1. The van der Waals surface area contributed by atoms with E-state index in [-0.39, 0.29) is 24.4 Å². The van der Waals surface area contributed by atoms with Gasteiger partial charge in [0.05, 0.1) is 18.4 Å². The molecule has 3 N–H and O–H groups in total. The van der Waals surface area contributed by atoms with Gasteiger partial charge in [-0.1, -0.05) is 0 Å². The Kier molecular flexibility index (Phi) is 11.6. The molecular formula is C23H38N2O8. The van der Waals surface area contributed by atoms with Crippen molar-refractivity contribution >= 4 is 35.2 Å². The van der Waals surface area contributed by atoms with Crippen LogP contribution in [0.2, 0.25) is 0 Å². The van der Waals surface area contributed by atoms with E-state index in [0.717, 1.165) is 0 Å². The van der Waals surface area contributed by atoms with Crippen LogP contribution in [0, 0.1) is 5.92 Å². The molecule has 0 rings (SSSR count). The molecule has 0 heterocycles. The lowest BCUT2D eigenvalue weighted by Crippen LogP contribution is -2.48. The summed E-state index contributed by atoms with van der Waals surface area (Å²) in [4.78, 5) is 73.2. The first-order valence-electron chi connectivity index (χ1n) is 10.8. The Hall–Kier alpha value is -2.62. The highest BCUT2D eigenvalue weighted by Crippen LogP contribution is 2.16. The smallest absolute Gasteiger partial charge is 0.329 e. The fraction of sp³-hybridized carbons (Fsp3) is 0.739. The summed E-state index contributed by atoms with van der Waals surface area (Å²) >= 11 is 0. The van der Waals surface area contributed by atoms with Crippen LogP contribution < -0.4 is 11.1 Å². The fourth-order valence-electron chi connectivity index (χ4n) is 2.83. The summed E-state index contributed by atoms with van der Waals surface area (Å²) in [5, 5.41) is 2.42. The molecule has 0 aromatic carbocycles. The van der Waals surface area contributed by atoms with Gasteiger partial charge in [0.25, 0.3) is 0 Å². The fourth-order valence-corrected chi connectivity index (χ4v) is 2.83. The summed E-state index contributed by atoms with van der Waals surface area (Å²) in [7, 11) is 0. The number of nitrogens with two attached hydrogens (primary N) is 1. The van der Waals surface area contributed by atoms with Gasteiger partial charge in [-0.05, 0) is 55.4 Å². The van der Waals surface area contributed by atoms with E-state index in [1.807, 2.05) is 0 Å². The van der Waals surface area contributed by atoms with Gasteiger partial charge in [0.1, 0.15) is 28.8 Å². The minimum atomic E-state index is -1.39. The molecule has 10 nitrogen and oxygen atoms in total. The number of Topliss-reactive ketones (excluding diaryl/α,β-unsaturated/α-hetero) is 3. The molecule has 10 heteroatoms. The molecule has 33 heavy (non-hydrogen) atoms. The molecule has 0 saturated heterocycles. The zero-order chi connectivity index (χ0) is 26.1. The van der Waals surface area contributed by atoms with Crippen LogP contribution in [0.3, 0.4) is 0 Å². The second-order valence-electron chi connectivity index (χ2n) is 10.2. The molecule has 0 aromatic rings. The Balaban J connectivity index is 5.64. The number of hydrogen-bond donors (Lipinski definition) is 2. The highest BCUT2D eigenvalue weighted by molar-refractivity contribution is 5.96. The van der Waals surface area contributed by atoms with Crippen LogP contribution in [-0.4, -0.2) is 58.5 Å². The average Bonchev–Trinajstić information content (AvgIpc) is 2.56. The minimum Gasteiger partial charge on any atom is -0.460 e. The van der Waals surface area contributed by atoms with Gasteiger partial charge in [-0.2, -0.15) is 0 Å². The Morgan fingerprint density at radius 3 is 1.67 bits per heavy atom. The van der Waals surface area contributed by atoms with Gasteiger partial charge in [0.15, 0.2) is 5.78 Å². The van der Waals surface area contributed by atoms with E-state index in [1.165, 1.54) is 13.8 Å². The third-order valence-corrected chi connectivity index (χ3v) is 4.07. The van der Waals surface area contributed by atoms with E-state index in [1.54, 1.807) is 41.5 Å². The van der Waals surface area contributed by atoms with E-state index < -0.39 is 65.7 Å². The molecule has 0 saturated carbocycles. The molecule has 0 spiro atoms. The maximum absolute atomic E-state index is 12.9. The third-order valence-electron chi connectivity index (χ3n) is 4.07. The van der Waals surface area contributed by atoms with Crippen LogP contribution in [0.25, 0.3) is 0 Å². The summed E-state index contributed by atoms with van der Waals surface area (Å²) in [6.07, 6.45) is -1.36.